The van der Waals surface area contributed by atoms with E-state index in [1.807, 2.05) is 26.0 Å². The van der Waals surface area contributed by atoms with Crippen molar-refractivity contribution in [2.24, 2.45) is 5.92 Å². The Hall–Kier alpha value is -2.50. The zero-order valence-corrected chi connectivity index (χ0v) is 14.8. The third-order valence-corrected chi connectivity index (χ3v) is 5.06. The minimum atomic E-state index is -0.226. The molecule has 0 atom stereocenters. The smallest absolute Gasteiger partial charge is 0.254 e. The molecular weight excluding hydrogens is 317 g/mol. The molecule has 0 N–H and O–H groups in total. The average Bonchev–Trinajstić information content (AvgIpc) is 3.03. The molecule has 25 heavy (non-hydrogen) atoms. The van der Waals surface area contributed by atoms with Crippen LogP contribution in [-0.2, 0) is 0 Å². The Labute approximate surface area is 146 Å². The molecule has 0 bridgehead atoms. The van der Waals surface area contributed by atoms with Gasteiger partial charge >= 0.3 is 0 Å². The molecule has 0 saturated carbocycles. The van der Waals surface area contributed by atoms with Gasteiger partial charge in [0.25, 0.3) is 5.78 Å². The third-order valence-electron chi connectivity index (χ3n) is 5.06. The summed E-state index contributed by atoms with van der Waals surface area (Å²) in [5, 5.41) is 4.37. The highest BCUT2D eigenvalue weighted by Crippen LogP contribution is 2.36. The minimum absolute atomic E-state index is 0.226. The van der Waals surface area contributed by atoms with Crippen LogP contribution in [0, 0.1) is 25.6 Å². The van der Waals surface area contributed by atoms with Gasteiger partial charge in [-0.3, -0.25) is 0 Å². The summed E-state index contributed by atoms with van der Waals surface area (Å²) in [6.45, 7) is 7.95. The van der Waals surface area contributed by atoms with E-state index in [0.29, 0.717) is 17.3 Å². The van der Waals surface area contributed by atoms with E-state index in [1.165, 1.54) is 6.33 Å². The summed E-state index contributed by atoms with van der Waals surface area (Å²) in [5.74, 6) is 1.94. The van der Waals surface area contributed by atoms with Crippen LogP contribution in [0.5, 0.6) is 0 Å². The molecular formula is C19H22FN5. The van der Waals surface area contributed by atoms with Gasteiger partial charge < -0.3 is 4.90 Å². The van der Waals surface area contributed by atoms with E-state index in [0.717, 1.165) is 48.6 Å². The van der Waals surface area contributed by atoms with Crippen LogP contribution in [0.4, 0.5) is 10.2 Å². The second-order valence-electron chi connectivity index (χ2n) is 7.02. The van der Waals surface area contributed by atoms with Gasteiger partial charge in [0.15, 0.2) is 0 Å². The zero-order chi connectivity index (χ0) is 17.6. The van der Waals surface area contributed by atoms with Crippen LogP contribution in [0.1, 0.15) is 31.0 Å². The molecule has 3 aromatic rings. The number of hydrogen-bond acceptors (Lipinski definition) is 4. The first kappa shape index (κ1) is 16.0. The number of hydrogen-bond donors (Lipinski definition) is 0. The second-order valence-corrected chi connectivity index (χ2v) is 7.02. The van der Waals surface area contributed by atoms with Crippen molar-refractivity contribution >= 4 is 11.6 Å². The molecule has 4 rings (SSSR count). The summed E-state index contributed by atoms with van der Waals surface area (Å²) in [5.41, 5.74) is 3.06. The monoisotopic (exact) mass is 339 g/mol. The van der Waals surface area contributed by atoms with E-state index in [4.69, 9.17) is 0 Å². The van der Waals surface area contributed by atoms with Crippen molar-refractivity contribution in [1.82, 2.24) is 19.6 Å². The lowest BCUT2D eigenvalue weighted by atomic mass is 9.97. The largest absolute Gasteiger partial charge is 0.356 e. The summed E-state index contributed by atoms with van der Waals surface area (Å²) in [6, 6.07) is 5.35. The van der Waals surface area contributed by atoms with E-state index in [-0.39, 0.29) is 5.82 Å². The lowest BCUT2D eigenvalue weighted by Gasteiger charge is -2.33. The Morgan fingerprint density at radius 3 is 2.64 bits per heavy atom. The summed E-state index contributed by atoms with van der Waals surface area (Å²) >= 11 is 0. The number of benzene rings is 1. The van der Waals surface area contributed by atoms with Crippen molar-refractivity contribution in [3.05, 3.63) is 41.6 Å². The third kappa shape index (κ3) is 2.75. The Kier molecular flexibility index (Phi) is 3.90. The van der Waals surface area contributed by atoms with Crippen molar-refractivity contribution in [2.45, 2.75) is 33.6 Å². The number of aromatic nitrogens is 4. The van der Waals surface area contributed by atoms with Gasteiger partial charge in [-0.1, -0.05) is 19.1 Å². The van der Waals surface area contributed by atoms with Crippen molar-refractivity contribution in [3.8, 4) is 11.1 Å². The fourth-order valence-corrected chi connectivity index (χ4v) is 3.59. The first-order valence-corrected chi connectivity index (χ1v) is 8.76. The van der Waals surface area contributed by atoms with Crippen molar-refractivity contribution in [3.63, 3.8) is 0 Å². The van der Waals surface area contributed by atoms with E-state index < -0.39 is 0 Å². The molecule has 1 aliphatic heterocycles. The van der Waals surface area contributed by atoms with Crippen molar-refractivity contribution in [2.75, 3.05) is 18.0 Å². The van der Waals surface area contributed by atoms with Gasteiger partial charge in [0, 0.05) is 24.2 Å². The zero-order valence-electron chi connectivity index (χ0n) is 14.8. The summed E-state index contributed by atoms with van der Waals surface area (Å²) < 4.78 is 16.5. The van der Waals surface area contributed by atoms with Crippen LogP contribution in [0.2, 0.25) is 0 Å². The van der Waals surface area contributed by atoms with E-state index in [2.05, 4.69) is 26.9 Å². The lowest BCUT2D eigenvalue weighted by molar-refractivity contribution is 0.435. The standard InChI is InChI=1S/C19H22FN5/c1-12-6-8-24(9-7-12)18-17(15-5-4-13(2)10-16(15)20)14(3)23-19-21-11-22-25(18)19/h4-5,10-12H,6-9H2,1-3H3. The van der Waals surface area contributed by atoms with Crippen LogP contribution >= 0.6 is 0 Å². The predicted octanol–water partition coefficient (Wildman–Crippen LogP) is 3.78. The summed E-state index contributed by atoms with van der Waals surface area (Å²) in [6.07, 6.45) is 3.74. The van der Waals surface area contributed by atoms with Crippen LogP contribution < -0.4 is 4.90 Å². The number of halogens is 1. The van der Waals surface area contributed by atoms with E-state index in [9.17, 15) is 4.39 Å². The molecule has 1 saturated heterocycles. The molecule has 6 heteroatoms. The van der Waals surface area contributed by atoms with E-state index in [1.54, 1.807) is 10.6 Å². The molecule has 2 aromatic heterocycles. The Morgan fingerprint density at radius 2 is 1.92 bits per heavy atom. The molecule has 5 nitrogen and oxygen atoms in total. The predicted molar refractivity (Wildman–Crippen MR) is 96.3 cm³/mol. The molecule has 1 fully saturated rings. The van der Waals surface area contributed by atoms with Crippen molar-refractivity contribution < 1.29 is 4.39 Å². The molecule has 0 radical (unpaired) electrons. The van der Waals surface area contributed by atoms with Gasteiger partial charge in [-0.2, -0.15) is 14.6 Å². The highest BCUT2D eigenvalue weighted by atomic mass is 19.1. The van der Waals surface area contributed by atoms with Crippen LogP contribution in [-0.4, -0.2) is 32.7 Å². The first-order chi connectivity index (χ1) is 12.0. The normalized spacial score (nSPS) is 15.9. The highest BCUT2D eigenvalue weighted by molar-refractivity contribution is 5.80. The number of anilines is 1. The summed E-state index contributed by atoms with van der Waals surface area (Å²) in [7, 11) is 0. The van der Waals surface area contributed by atoms with Crippen molar-refractivity contribution in [1.29, 1.82) is 0 Å². The maximum absolute atomic E-state index is 14.8. The number of piperidine rings is 1. The second kappa shape index (κ2) is 6.10. The molecule has 130 valence electrons. The maximum Gasteiger partial charge on any atom is 0.254 e. The number of nitrogens with zero attached hydrogens (tertiary/aromatic N) is 5. The van der Waals surface area contributed by atoms with E-state index >= 15 is 0 Å². The maximum atomic E-state index is 14.8. The molecule has 0 aliphatic carbocycles. The van der Waals surface area contributed by atoms with Gasteiger partial charge in [0.1, 0.15) is 18.0 Å². The van der Waals surface area contributed by atoms with Gasteiger partial charge in [-0.15, -0.1) is 0 Å². The molecule has 3 heterocycles. The van der Waals surface area contributed by atoms with Gasteiger partial charge in [-0.05, 0) is 44.2 Å². The Morgan fingerprint density at radius 1 is 1.16 bits per heavy atom. The number of fused-ring (bicyclic) bond motifs is 1. The Balaban J connectivity index is 1.96. The molecule has 1 aromatic carbocycles. The summed E-state index contributed by atoms with van der Waals surface area (Å²) in [4.78, 5) is 11.1. The SMILES string of the molecule is Cc1ccc(-c2c(C)nc3ncnn3c2N2CCC(C)CC2)c(F)c1. The van der Waals surface area contributed by atoms with Gasteiger partial charge in [0.2, 0.25) is 0 Å². The van der Waals surface area contributed by atoms with Gasteiger partial charge in [0.05, 0.1) is 5.69 Å². The number of aryl methyl sites for hydroxylation is 2. The number of rotatable bonds is 2. The van der Waals surface area contributed by atoms with Crippen LogP contribution in [0.15, 0.2) is 24.5 Å². The average molecular weight is 339 g/mol. The Bertz CT molecular complexity index is 925. The molecule has 0 unspecified atom stereocenters. The fourth-order valence-electron chi connectivity index (χ4n) is 3.59. The molecule has 0 spiro atoms. The fraction of sp³-hybridized carbons (Fsp3) is 0.421. The molecule has 1 aliphatic rings. The molecule has 0 amide bonds. The lowest BCUT2D eigenvalue weighted by Crippen LogP contribution is -2.35. The quantitative estimate of drug-likeness (QED) is 0.713. The highest BCUT2D eigenvalue weighted by Gasteiger charge is 2.25. The van der Waals surface area contributed by atoms with Gasteiger partial charge in [-0.25, -0.2) is 9.37 Å². The topological polar surface area (TPSA) is 46.3 Å². The minimum Gasteiger partial charge on any atom is -0.356 e. The van der Waals surface area contributed by atoms with Crippen LogP contribution in [0.3, 0.4) is 0 Å². The van der Waals surface area contributed by atoms with Crippen LogP contribution in [0.25, 0.3) is 16.9 Å². The first-order valence-electron chi connectivity index (χ1n) is 8.76.